The molecule has 0 aromatic heterocycles. The van der Waals surface area contributed by atoms with Crippen molar-refractivity contribution >= 4 is 5.97 Å². The second-order valence-corrected chi connectivity index (χ2v) is 15.6. The lowest BCUT2D eigenvalue weighted by Crippen LogP contribution is -2.47. The van der Waals surface area contributed by atoms with Gasteiger partial charge in [0.05, 0.1) is 74.4 Å². The summed E-state index contributed by atoms with van der Waals surface area (Å²) in [5.41, 5.74) is -0.184. The van der Waals surface area contributed by atoms with Gasteiger partial charge in [-0.3, -0.25) is 0 Å². The van der Waals surface area contributed by atoms with Crippen LogP contribution >= 0.6 is 0 Å². The van der Waals surface area contributed by atoms with E-state index in [1.807, 2.05) is 6.92 Å². The van der Waals surface area contributed by atoms with Gasteiger partial charge in [-0.05, 0) is 39.0 Å². The molecule has 0 unspecified atom stereocenters. The Balaban J connectivity index is 5.25. The molecule has 0 aromatic rings. The smallest absolute Gasteiger partial charge is 0.361 e. The monoisotopic (exact) mass is 689 g/mol. The molecule has 0 spiro atoms. The first kappa shape index (κ1) is 47.2. The molecule has 0 saturated heterocycles. The number of quaternary nitrogens is 2. The van der Waals surface area contributed by atoms with Crippen LogP contribution in [0.25, 0.3) is 0 Å². The van der Waals surface area contributed by atoms with Gasteiger partial charge in [-0.1, -0.05) is 97.8 Å². The van der Waals surface area contributed by atoms with E-state index in [0.29, 0.717) is 44.1 Å². The summed E-state index contributed by atoms with van der Waals surface area (Å²) < 4.78 is 31.9. The Hall–Kier alpha value is -0.770. The topological polar surface area (TPSA) is 63.2 Å². The molecule has 0 fully saturated rings. The Morgan fingerprint density at radius 3 is 1.46 bits per heavy atom. The first-order chi connectivity index (χ1) is 23.1. The zero-order valence-electron chi connectivity index (χ0n) is 33.6. The van der Waals surface area contributed by atoms with Gasteiger partial charge in [0.1, 0.15) is 13.1 Å². The van der Waals surface area contributed by atoms with Gasteiger partial charge in [-0.2, -0.15) is 0 Å². The fourth-order valence-corrected chi connectivity index (χ4v) is 6.14. The fourth-order valence-electron chi connectivity index (χ4n) is 6.14. The maximum Gasteiger partial charge on any atom is 0.361 e. The summed E-state index contributed by atoms with van der Waals surface area (Å²) in [6.45, 7) is 18.1. The maximum absolute atomic E-state index is 12.1. The van der Waals surface area contributed by atoms with Crippen molar-refractivity contribution in [3.63, 3.8) is 0 Å². The van der Waals surface area contributed by atoms with Crippen LogP contribution in [0.15, 0.2) is 0 Å². The Labute approximate surface area is 299 Å². The van der Waals surface area contributed by atoms with Crippen molar-refractivity contribution in [3.05, 3.63) is 0 Å². The number of nitrogens with zero attached hydrogens (tertiary/aromatic N) is 2. The molecular formula is C40H84N2O6+2. The normalized spacial score (nSPS) is 13.6. The predicted octanol–water partition coefficient (Wildman–Crippen LogP) is 8.45. The van der Waals surface area contributed by atoms with Crippen molar-refractivity contribution in [2.75, 3.05) is 114 Å². The van der Waals surface area contributed by atoms with E-state index in [1.54, 1.807) is 0 Å². The maximum atomic E-state index is 12.1. The minimum Gasteiger partial charge on any atom is -0.462 e. The van der Waals surface area contributed by atoms with Gasteiger partial charge in [0.25, 0.3) is 0 Å². The van der Waals surface area contributed by atoms with E-state index in [1.165, 1.54) is 83.5 Å². The molecule has 0 heterocycles. The lowest BCUT2D eigenvalue weighted by atomic mass is 9.84. The SMILES string of the molecule is CCCCCCCCCCOC[C@@](CCCCCCOCCCCC)(COCC[N+](C)(C)CCC)COCC[N+](C)(C)CC(=O)OCC. The van der Waals surface area contributed by atoms with Crippen LogP contribution in [0, 0.1) is 5.41 Å². The number of likely N-dealkylation sites (N-methyl/N-ethyl adjacent to an activating group) is 2. The highest BCUT2D eigenvalue weighted by Gasteiger charge is 2.32. The van der Waals surface area contributed by atoms with E-state index in [0.717, 1.165) is 76.2 Å². The molecule has 1 atom stereocenters. The third-order valence-electron chi connectivity index (χ3n) is 9.38. The quantitative estimate of drug-likeness (QED) is 0.0371. The molecule has 0 saturated carbocycles. The highest BCUT2D eigenvalue weighted by Crippen LogP contribution is 2.28. The van der Waals surface area contributed by atoms with Gasteiger partial charge in [-0.25, -0.2) is 4.79 Å². The zero-order chi connectivity index (χ0) is 35.8. The highest BCUT2D eigenvalue weighted by molar-refractivity contribution is 5.70. The third-order valence-corrected chi connectivity index (χ3v) is 9.38. The standard InChI is InChI=1S/C40H84N2O6/c1-9-13-15-16-17-18-20-25-32-45-36-40(37-46-33-28-41(5,6)27-11-3,26-22-19-21-24-31-44-30-23-14-10-2)38-47-34-29-42(7,8)35-39(43)48-12-4/h9-38H2,1-8H3/q+2/t40-/m0/s1. The lowest BCUT2D eigenvalue weighted by Gasteiger charge is -2.35. The van der Waals surface area contributed by atoms with Crippen LogP contribution in [-0.4, -0.2) is 129 Å². The number of carbonyl (C=O) groups excluding carboxylic acids is 1. The molecule has 8 nitrogen and oxygen atoms in total. The van der Waals surface area contributed by atoms with Gasteiger partial charge in [0.2, 0.25) is 0 Å². The van der Waals surface area contributed by atoms with Crippen LogP contribution in [0.2, 0.25) is 0 Å². The van der Waals surface area contributed by atoms with Crippen molar-refractivity contribution in [3.8, 4) is 0 Å². The van der Waals surface area contributed by atoms with Gasteiger partial charge in [0.15, 0.2) is 6.54 Å². The molecule has 0 aliphatic carbocycles. The van der Waals surface area contributed by atoms with Crippen molar-refractivity contribution in [1.29, 1.82) is 0 Å². The Morgan fingerprint density at radius 1 is 0.479 bits per heavy atom. The minimum atomic E-state index is -0.184. The number of carbonyl (C=O) groups is 1. The summed E-state index contributed by atoms with van der Waals surface area (Å²) in [5, 5.41) is 0. The van der Waals surface area contributed by atoms with Gasteiger partial charge in [-0.15, -0.1) is 0 Å². The Morgan fingerprint density at radius 2 is 0.917 bits per heavy atom. The Kier molecular flexibility index (Phi) is 30.5. The second kappa shape index (κ2) is 31.0. The number of rotatable bonds is 37. The summed E-state index contributed by atoms with van der Waals surface area (Å²) >= 11 is 0. The van der Waals surface area contributed by atoms with Crippen molar-refractivity contribution < 1.29 is 37.4 Å². The van der Waals surface area contributed by atoms with Crippen LogP contribution in [0.1, 0.15) is 137 Å². The van der Waals surface area contributed by atoms with Crippen molar-refractivity contribution in [2.24, 2.45) is 5.41 Å². The Bertz CT molecular complexity index is 694. The van der Waals surface area contributed by atoms with E-state index < -0.39 is 0 Å². The van der Waals surface area contributed by atoms with Crippen molar-refractivity contribution in [2.45, 2.75) is 137 Å². The third kappa shape index (κ3) is 29.0. The molecule has 0 bridgehead atoms. The average molecular weight is 689 g/mol. The zero-order valence-corrected chi connectivity index (χ0v) is 33.6. The molecule has 8 heteroatoms. The molecule has 0 radical (unpaired) electrons. The average Bonchev–Trinajstić information content (AvgIpc) is 3.03. The van der Waals surface area contributed by atoms with Gasteiger partial charge >= 0.3 is 5.97 Å². The van der Waals surface area contributed by atoms with Crippen LogP contribution in [0.3, 0.4) is 0 Å². The van der Waals surface area contributed by atoms with Crippen LogP contribution in [-0.2, 0) is 28.5 Å². The molecule has 288 valence electrons. The second-order valence-electron chi connectivity index (χ2n) is 15.6. The summed E-state index contributed by atoms with van der Waals surface area (Å²) in [5.74, 6) is -0.157. The van der Waals surface area contributed by atoms with E-state index in [2.05, 4.69) is 49.0 Å². The van der Waals surface area contributed by atoms with Crippen LogP contribution < -0.4 is 0 Å². The fraction of sp³-hybridized carbons (Fsp3) is 0.975. The summed E-state index contributed by atoms with van der Waals surface area (Å²) in [4.78, 5) is 12.1. The molecule has 0 aliphatic rings. The summed E-state index contributed by atoms with van der Waals surface area (Å²) in [6.07, 6.45) is 20.9. The molecule has 0 aromatic carbocycles. The molecule has 0 aliphatic heterocycles. The van der Waals surface area contributed by atoms with E-state index in [9.17, 15) is 4.79 Å². The number of unbranched alkanes of at least 4 members (excludes halogenated alkanes) is 12. The lowest BCUT2D eigenvalue weighted by molar-refractivity contribution is -0.890. The van der Waals surface area contributed by atoms with Crippen molar-refractivity contribution in [1.82, 2.24) is 0 Å². The van der Waals surface area contributed by atoms with Crippen LogP contribution in [0.5, 0.6) is 0 Å². The van der Waals surface area contributed by atoms with E-state index in [-0.39, 0.29) is 11.4 Å². The number of esters is 1. The number of hydrogen-bond acceptors (Lipinski definition) is 6. The molecule has 0 N–H and O–H groups in total. The minimum absolute atomic E-state index is 0.157. The van der Waals surface area contributed by atoms with Crippen LogP contribution in [0.4, 0.5) is 0 Å². The molecule has 48 heavy (non-hydrogen) atoms. The predicted molar refractivity (Wildman–Crippen MR) is 202 cm³/mol. The first-order valence-electron chi connectivity index (χ1n) is 20.2. The summed E-state index contributed by atoms with van der Waals surface area (Å²) in [6, 6.07) is 0. The largest absolute Gasteiger partial charge is 0.462 e. The molecular weight excluding hydrogens is 604 g/mol. The number of hydrogen-bond donors (Lipinski definition) is 0. The number of ether oxygens (including phenoxy) is 5. The van der Waals surface area contributed by atoms with E-state index in [4.69, 9.17) is 23.7 Å². The molecule has 0 rings (SSSR count). The highest BCUT2D eigenvalue weighted by atomic mass is 16.5. The summed E-state index contributed by atoms with van der Waals surface area (Å²) in [7, 11) is 8.71. The molecule has 0 amide bonds. The van der Waals surface area contributed by atoms with Gasteiger partial charge in [0, 0.05) is 25.2 Å². The first-order valence-corrected chi connectivity index (χ1v) is 20.2. The van der Waals surface area contributed by atoms with Gasteiger partial charge < -0.3 is 32.7 Å². The van der Waals surface area contributed by atoms with E-state index >= 15 is 0 Å².